The van der Waals surface area contributed by atoms with Gasteiger partial charge >= 0.3 is 5.97 Å². The molecule has 12 heteroatoms. The number of nitrogens with one attached hydrogen (secondary N) is 1. The first-order valence-electron chi connectivity index (χ1n) is 19.3. The first kappa shape index (κ1) is 40.5. The van der Waals surface area contributed by atoms with E-state index in [9.17, 15) is 20.0 Å². The van der Waals surface area contributed by atoms with Crippen molar-refractivity contribution in [3.63, 3.8) is 0 Å². The molecule has 0 spiro atoms. The quantitative estimate of drug-likeness (QED) is 0.110. The van der Waals surface area contributed by atoms with Crippen LogP contribution in [-0.2, 0) is 29.3 Å². The third-order valence-corrected chi connectivity index (χ3v) is 11.0. The summed E-state index contributed by atoms with van der Waals surface area (Å²) in [4.78, 5) is 32.0. The number of carbonyl (C=O) groups excluding carboxylic acids is 1. The van der Waals surface area contributed by atoms with Crippen molar-refractivity contribution >= 4 is 23.5 Å². The summed E-state index contributed by atoms with van der Waals surface area (Å²) in [6, 6.07) is 19.4. The Hall–Kier alpha value is -5.15. The molecule has 2 saturated heterocycles. The second-order valence-electron chi connectivity index (χ2n) is 14.7. The van der Waals surface area contributed by atoms with Gasteiger partial charge in [-0.05, 0) is 92.1 Å². The zero-order chi connectivity index (χ0) is 39.6. The number of hydrogen-bond acceptors (Lipinski definition) is 9. The Morgan fingerprint density at radius 2 is 1.71 bits per heavy atom. The van der Waals surface area contributed by atoms with Crippen molar-refractivity contribution in [2.45, 2.75) is 84.7 Å². The molecule has 2 fully saturated rings. The average molecular weight is 780 g/mol. The lowest BCUT2D eigenvalue weighted by Gasteiger charge is -2.33. The van der Waals surface area contributed by atoms with E-state index in [2.05, 4.69) is 47.3 Å². The van der Waals surface area contributed by atoms with Crippen LogP contribution in [0.25, 0.3) is 11.1 Å². The molecule has 6 rings (SSSR count). The summed E-state index contributed by atoms with van der Waals surface area (Å²) in [5, 5.41) is 22.7. The maximum Gasteiger partial charge on any atom is 0.320 e. The third kappa shape index (κ3) is 10.4. The SMILES string of the molecule is CC(=O)NC1CCN(CCCOc2cccc(-c3cccc(COc4cc(OCc5cncc(C#N)c5)c(CN5CCCC[C@H]5C(=O)O)cc4Cl)c3C)c2C)C1. The van der Waals surface area contributed by atoms with E-state index in [-0.39, 0.29) is 25.2 Å². The zero-order valence-electron chi connectivity index (χ0n) is 32.4. The number of hydrogen-bond donors (Lipinski definition) is 2. The molecule has 4 aromatic rings. The molecule has 0 aliphatic carbocycles. The maximum absolute atomic E-state index is 12.1. The molecule has 294 valence electrons. The second-order valence-corrected chi connectivity index (χ2v) is 15.1. The van der Waals surface area contributed by atoms with E-state index >= 15 is 0 Å². The first-order valence-corrected chi connectivity index (χ1v) is 19.7. The van der Waals surface area contributed by atoms with Gasteiger partial charge in [-0.1, -0.05) is 48.4 Å². The highest BCUT2D eigenvalue weighted by atomic mass is 35.5. The number of benzene rings is 3. The minimum atomic E-state index is -0.836. The van der Waals surface area contributed by atoms with E-state index in [4.69, 9.17) is 25.8 Å². The first-order chi connectivity index (χ1) is 27.1. The van der Waals surface area contributed by atoms with Gasteiger partial charge in [-0.3, -0.25) is 19.5 Å². The number of aliphatic carboxylic acids is 1. The Morgan fingerprint density at radius 1 is 0.929 bits per heavy atom. The van der Waals surface area contributed by atoms with Gasteiger partial charge in [-0.25, -0.2) is 0 Å². The van der Waals surface area contributed by atoms with Gasteiger partial charge in [0.25, 0.3) is 0 Å². The van der Waals surface area contributed by atoms with Crippen molar-refractivity contribution < 1.29 is 28.9 Å². The van der Waals surface area contributed by atoms with Crippen molar-refractivity contribution in [2.75, 3.05) is 32.8 Å². The van der Waals surface area contributed by atoms with Crippen LogP contribution >= 0.6 is 11.6 Å². The molecule has 0 radical (unpaired) electrons. The lowest BCUT2D eigenvalue weighted by molar-refractivity contribution is -0.144. The van der Waals surface area contributed by atoms with Crippen LogP contribution in [0.5, 0.6) is 17.2 Å². The molecule has 1 amide bonds. The normalized spacial score (nSPS) is 17.3. The zero-order valence-corrected chi connectivity index (χ0v) is 33.1. The van der Waals surface area contributed by atoms with Crippen LogP contribution in [0.3, 0.4) is 0 Å². The van der Waals surface area contributed by atoms with E-state index in [1.165, 1.54) is 6.20 Å². The van der Waals surface area contributed by atoms with Gasteiger partial charge in [0.2, 0.25) is 5.91 Å². The predicted octanol–water partition coefficient (Wildman–Crippen LogP) is 7.47. The highest BCUT2D eigenvalue weighted by molar-refractivity contribution is 6.32. The number of amides is 1. The summed E-state index contributed by atoms with van der Waals surface area (Å²) < 4.78 is 19.0. The molecule has 0 bridgehead atoms. The predicted molar refractivity (Wildman–Crippen MR) is 215 cm³/mol. The smallest absolute Gasteiger partial charge is 0.320 e. The fourth-order valence-corrected chi connectivity index (χ4v) is 7.91. The number of carboxylic acids is 1. The minimum absolute atomic E-state index is 0.0243. The number of piperidine rings is 1. The molecule has 2 aliphatic rings. The van der Waals surface area contributed by atoms with Gasteiger partial charge in [0.1, 0.15) is 42.6 Å². The summed E-state index contributed by atoms with van der Waals surface area (Å²) in [6.45, 7) is 10.6. The number of pyridine rings is 1. The van der Waals surface area contributed by atoms with E-state index in [1.807, 2.05) is 29.2 Å². The van der Waals surface area contributed by atoms with Crippen molar-refractivity contribution in [1.29, 1.82) is 5.26 Å². The molecule has 2 N–H and O–H groups in total. The van der Waals surface area contributed by atoms with Gasteiger partial charge < -0.3 is 29.5 Å². The van der Waals surface area contributed by atoms with Crippen LogP contribution in [0.15, 0.2) is 67.0 Å². The number of nitriles is 1. The Morgan fingerprint density at radius 3 is 2.50 bits per heavy atom. The van der Waals surface area contributed by atoms with Gasteiger partial charge in [0.15, 0.2) is 0 Å². The van der Waals surface area contributed by atoms with E-state index in [0.29, 0.717) is 48.2 Å². The Labute approximate surface area is 334 Å². The number of halogens is 1. The number of rotatable bonds is 16. The summed E-state index contributed by atoms with van der Waals surface area (Å²) >= 11 is 6.87. The highest BCUT2D eigenvalue weighted by Gasteiger charge is 2.29. The topological polar surface area (TPSA) is 137 Å². The number of carbonyl (C=O) groups is 2. The molecular weight excluding hydrogens is 730 g/mol. The lowest BCUT2D eigenvalue weighted by Crippen LogP contribution is -2.44. The van der Waals surface area contributed by atoms with E-state index in [0.717, 1.165) is 90.0 Å². The fraction of sp³-hybridized carbons (Fsp3) is 0.409. The molecule has 3 heterocycles. The fourth-order valence-electron chi connectivity index (χ4n) is 7.67. The molecular formula is C44H50ClN5O6. The molecule has 2 aliphatic heterocycles. The van der Waals surface area contributed by atoms with Crippen molar-refractivity contribution in [2.24, 2.45) is 0 Å². The number of nitrogens with zero attached hydrogens (tertiary/aromatic N) is 4. The average Bonchev–Trinajstić information content (AvgIpc) is 3.63. The number of ether oxygens (including phenoxy) is 3. The number of carboxylic acid groups (broad SMARTS) is 1. The van der Waals surface area contributed by atoms with Crippen molar-refractivity contribution in [3.05, 3.63) is 105 Å². The summed E-state index contributed by atoms with van der Waals surface area (Å²) in [6.07, 6.45) is 7.40. The monoisotopic (exact) mass is 779 g/mol. The van der Waals surface area contributed by atoms with E-state index in [1.54, 1.807) is 31.3 Å². The Bertz CT molecular complexity index is 2070. The molecule has 56 heavy (non-hydrogen) atoms. The Kier molecular flexibility index (Phi) is 13.8. The summed E-state index contributed by atoms with van der Waals surface area (Å²) in [5.74, 6) is 1.01. The maximum atomic E-state index is 12.1. The second kappa shape index (κ2) is 19.1. The van der Waals surface area contributed by atoms with Crippen LogP contribution in [0.4, 0.5) is 0 Å². The van der Waals surface area contributed by atoms with Crippen LogP contribution in [0, 0.1) is 25.2 Å². The minimum Gasteiger partial charge on any atom is -0.493 e. The Balaban J connectivity index is 1.15. The molecule has 3 aromatic carbocycles. The van der Waals surface area contributed by atoms with Crippen LogP contribution in [0.1, 0.15) is 72.4 Å². The molecule has 0 saturated carbocycles. The summed E-state index contributed by atoms with van der Waals surface area (Å²) in [7, 11) is 0. The molecule has 1 aromatic heterocycles. The third-order valence-electron chi connectivity index (χ3n) is 10.7. The van der Waals surface area contributed by atoms with Crippen LogP contribution in [-0.4, -0.2) is 76.6 Å². The largest absolute Gasteiger partial charge is 0.493 e. The molecule has 11 nitrogen and oxygen atoms in total. The van der Waals surface area contributed by atoms with Gasteiger partial charge in [-0.2, -0.15) is 5.26 Å². The number of likely N-dealkylation sites (tertiary alicyclic amines) is 2. The van der Waals surface area contributed by atoms with E-state index < -0.39 is 12.0 Å². The molecule has 1 unspecified atom stereocenters. The summed E-state index contributed by atoms with van der Waals surface area (Å²) in [5.41, 5.74) is 7.23. The van der Waals surface area contributed by atoms with Gasteiger partial charge in [0, 0.05) is 68.7 Å². The molecule has 2 atom stereocenters. The van der Waals surface area contributed by atoms with Gasteiger partial charge in [-0.15, -0.1) is 0 Å². The lowest BCUT2D eigenvalue weighted by atomic mass is 9.93. The van der Waals surface area contributed by atoms with Crippen molar-refractivity contribution in [1.82, 2.24) is 20.1 Å². The van der Waals surface area contributed by atoms with Gasteiger partial charge in [0.05, 0.1) is 17.2 Å². The van der Waals surface area contributed by atoms with Crippen LogP contribution in [0.2, 0.25) is 5.02 Å². The highest BCUT2D eigenvalue weighted by Crippen LogP contribution is 2.37. The van der Waals surface area contributed by atoms with Crippen LogP contribution < -0.4 is 19.5 Å². The van der Waals surface area contributed by atoms with Crippen molar-refractivity contribution in [3.8, 4) is 34.4 Å². The number of aromatic nitrogens is 1. The standard InChI is InChI=1S/C44H50ClN5O6/c1-29-34(9-6-10-37(29)38-11-7-13-41(30(38)2)54-18-8-15-49-17-14-36(26-49)48-31(3)51)28-56-43-21-42(55-27-33-19-32(22-46)23-47-24-33)35(20-39(43)45)25-50-16-5-4-12-40(50)44(52)53/h6-7,9-11,13,19-21,23-24,36,40H,4-5,8,12,14-18,25-28H2,1-3H3,(H,48,51)(H,52,53)/t36?,40-/m0/s1.